The molecule has 6 nitrogen and oxygen atoms in total. The molecule has 138 valence electrons. The quantitative estimate of drug-likeness (QED) is 0.529. The monoisotopic (exact) mass is 363 g/mol. The van der Waals surface area contributed by atoms with Crippen molar-refractivity contribution in [1.82, 2.24) is 20.5 Å². The summed E-state index contributed by atoms with van der Waals surface area (Å²) in [5, 5.41) is 7.78. The van der Waals surface area contributed by atoms with Gasteiger partial charge in [-0.2, -0.15) is 0 Å². The van der Waals surface area contributed by atoms with Crippen LogP contribution in [0.5, 0.6) is 0 Å². The maximum Gasteiger partial charge on any atom is 0.191 e. The summed E-state index contributed by atoms with van der Waals surface area (Å²) in [4.78, 5) is 12.6. The predicted molar refractivity (Wildman–Crippen MR) is 104 cm³/mol. The highest BCUT2D eigenvalue weighted by Gasteiger charge is 2.20. The standard InChI is InChI=1S/C18H29N5OS/c1-5-19-18(22-13-17-20-11-14(4)25-17)21-12-15(23(6-2)7-3)16-9-8-10-24-16/h8-11,15H,5-7,12-13H2,1-4H3,(H2,19,21,22). The Morgan fingerprint density at radius 2 is 2.12 bits per heavy atom. The van der Waals surface area contributed by atoms with E-state index in [4.69, 9.17) is 4.42 Å². The summed E-state index contributed by atoms with van der Waals surface area (Å²) in [6.45, 7) is 12.5. The van der Waals surface area contributed by atoms with Crippen molar-refractivity contribution in [2.45, 2.75) is 40.3 Å². The molecule has 2 aromatic rings. The lowest BCUT2D eigenvalue weighted by molar-refractivity contribution is 0.193. The highest BCUT2D eigenvalue weighted by Crippen LogP contribution is 2.20. The molecule has 2 heterocycles. The molecule has 0 aliphatic carbocycles. The van der Waals surface area contributed by atoms with E-state index in [1.54, 1.807) is 17.6 Å². The van der Waals surface area contributed by atoms with Gasteiger partial charge in [-0.3, -0.25) is 4.90 Å². The Hall–Kier alpha value is -1.86. The summed E-state index contributed by atoms with van der Waals surface area (Å²) < 4.78 is 5.65. The number of aryl methyl sites for hydroxylation is 1. The number of hydrogen-bond donors (Lipinski definition) is 2. The molecule has 0 aliphatic rings. The van der Waals surface area contributed by atoms with Crippen molar-refractivity contribution in [2.24, 2.45) is 4.99 Å². The summed E-state index contributed by atoms with van der Waals surface area (Å²) in [6.07, 6.45) is 3.62. The largest absolute Gasteiger partial charge is 0.468 e. The number of thiazole rings is 1. The third-order valence-electron chi connectivity index (χ3n) is 3.97. The van der Waals surface area contributed by atoms with Gasteiger partial charge < -0.3 is 15.1 Å². The summed E-state index contributed by atoms with van der Waals surface area (Å²) in [5.74, 6) is 1.78. The van der Waals surface area contributed by atoms with Crippen LogP contribution in [0, 0.1) is 6.92 Å². The smallest absolute Gasteiger partial charge is 0.191 e. The van der Waals surface area contributed by atoms with Gasteiger partial charge in [-0.25, -0.2) is 9.98 Å². The second-order valence-corrected chi connectivity index (χ2v) is 7.01. The van der Waals surface area contributed by atoms with Crippen LogP contribution < -0.4 is 10.6 Å². The van der Waals surface area contributed by atoms with Gasteiger partial charge in [0.2, 0.25) is 0 Å². The van der Waals surface area contributed by atoms with Gasteiger partial charge in [-0.05, 0) is 39.1 Å². The Kier molecular flexibility index (Phi) is 7.94. The number of rotatable bonds is 9. The average molecular weight is 364 g/mol. The van der Waals surface area contributed by atoms with Crippen LogP contribution in [-0.2, 0) is 6.54 Å². The first-order valence-corrected chi connectivity index (χ1v) is 9.70. The Morgan fingerprint density at radius 1 is 1.32 bits per heavy atom. The minimum atomic E-state index is 0.177. The fourth-order valence-electron chi connectivity index (χ4n) is 2.71. The van der Waals surface area contributed by atoms with Crippen molar-refractivity contribution >= 4 is 17.3 Å². The number of aliphatic imine (C=N–C) groups is 1. The van der Waals surface area contributed by atoms with Gasteiger partial charge in [0.05, 0.1) is 18.8 Å². The van der Waals surface area contributed by atoms with Gasteiger partial charge >= 0.3 is 0 Å². The fraction of sp³-hybridized carbons (Fsp3) is 0.556. The van der Waals surface area contributed by atoms with Gasteiger partial charge in [-0.1, -0.05) is 13.8 Å². The van der Waals surface area contributed by atoms with E-state index in [9.17, 15) is 0 Å². The zero-order chi connectivity index (χ0) is 18.1. The SMILES string of the molecule is CCNC(=NCc1ncc(C)s1)NCC(c1ccco1)N(CC)CC. The maximum atomic E-state index is 5.65. The molecule has 1 unspecified atom stereocenters. The normalized spacial score (nSPS) is 13.2. The molecule has 25 heavy (non-hydrogen) atoms. The van der Waals surface area contributed by atoms with Crippen LogP contribution in [0.3, 0.4) is 0 Å². The van der Waals surface area contributed by atoms with Crippen LogP contribution in [0.2, 0.25) is 0 Å². The minimum absolute atomic E-state index is 0.177. The molecule has 7 heteroatoms. The highest BCUT2D eigenvalue weighted by atomic mass is 32.1. The van der Waals surface area contributed by atoms with Gasteiger partial charge in [0.15, 0.2) is 5.96 Å². The van der Waals surface area contributed by atoms with Crippen LogP contribution in [0.25, 0.3) is 0 Å². The summed E-state index contributed by atoms with van der Waals surface area (Å²) in [6, 6.07) is 4.15. The van der Waals surface area contributed by atoms with Crippen molar-refractivity contribution in [3.05, 3.63) is 40.2 Å². The average Bonchev–Trinajstić information content (AvgIpc) is 3.28. The van der Waals surface area contributed by atoms with E-state index in [2.05, 4.69) is 53.2 Å². The molecule has 0 fully saturated rings. The van der Waals surface area contributed by atoms with Crippen LogP contribution in [0.4, 0.5) is 0 Å². The Balaban J connectivity index is 2.03. The molecule has 0 bridgehead atoms. The molecule has 0 saturated carbocycles. The summed E-state index contributed by atoms with van der Waals surface area (Å²) in [5.41, 5.74) is 0. The molecule has 0 aromatic carbocycles. The number of aromatic nitrogens is 1. The molecular formula is C18H29N5OS. The van der Waals surface area contributed by atoms with Crippen LogP contribution in [0.15, 0.2) is 34.0 Å². The third kappa shape index (κ3) is 5.86. The zero-order valence-corrected chi connectivity index (χ0v) is 16.4. The molecule has 1 atom stereocenters. The highest BCUT2D eigenvalue weighted by molar-refractivity contribution is 7.11. The van der Waals surface area contributed by atoms with Crippen LogP contribution >= 0.6 is 11.3 Å². The maximum absolute atomic E-state index is 5.65. The lowest BCUT2D eigenvalue weighted by Crippen LogP contribution is -2.43. The van der Waals surface area contributed by atoms with E-state index in [1.807, 2.05) is 18.3 Å². The summed E-state index contributed by atoms with van der Waals surface area (Å²) >= 11 is 1.69. The number of nitrogens with one attached hydrogen (secondary N) is 2. The fourth-order valence-corrected chi connectivity index (χ4v) is 3.42. The molecule has 0 spiro atoms. The lowest BCUT2D eigenvalue weighted by Gasteiger charge is -2.28. The Morgan fingerprint density at radius 3 is 2.68 bits per heavy atom. The molecule has 0 amide bonds. The molecular weight excluding hydrogens is 334 g/mol. The van der Waals surface area contributed by atoms with Gasteiger partial charge in [0, 0.05) is 24.2 Å². The van der Waals surface area contributed by atoms with E-state index >= 15 is 0 Å². The molecule has 0 radical (unpaired) electrons. The molecule has 0 aliphatic heterocycles. The van der Waals surface area contributed by atoms with Crippen molar-refractivity contribution in [3.8, 4) is 0 Å². The molecule has 2 N–H and O–H groups in total. The van der Waals surface area contributed by atoms with Gasteiger partial charge in [-0.15, -0.1) is 11.3 Å². The molecule has 0 saturated heterocycles. The predicted octanol–water partition coefficient (Wildman–Crippen LogP) is 3.18. The number of guanidine groups is 1. The van der Waals surface area contributed by atoms with Crippen LogP contribution in [-0.4, -0.2) is 42.0 Å². The topological polar surface area (TPSA) is 65.7 Å². The molecule has 2 rings (SSSR count). The second kappa shape index (κ2) is 10.2. The number of furan rings is 1. The van der Waals surface area contributed by atoms with Crippen molar-refractivity contribution in [3.63, 3.8) is 0 Å². The van der Waals surface area contributed by atoms with Crippen molar-refractivity contribution in [2.75, 3.05) is 26.2 Å². The van der Waals surface area contributed by atoms with E-state index in [0.29, 0.717) is 6.54 Å². The van der Waals surface area contributed by atoms with Gasteiger partial charge in [0.1, 0.15) is 10.8 Å². The number of nitrogens with zero attached hydrogens (tertiary/aromatic N) is 3. The van der Waals surface area contributed by atoms with Gasteiger partial charge in [0.25, 0.3) is 0 Å². The summed E-state index contributed by atoms with van der Waals surface area (Å²) in [7, 11) is 0. The first kappa shape index (κ1) is 19.5. The van der Waals surface area contributed by atoms with Crippen molar-refractivity contribution in [1.29, 1.82) is 0 Å². The van der Waals surface area contributed by atoms with Crippen molar-refractivity contribution < 1.29 is 4.42 Å². The number of hydrogen-bond acceptors (Lipinski definition) is 5. The first-order chi connectivity index (χ1) is 12.2. The Bertz CT molecular complexity index is 634. The zero-order valence-electron chi connectivity index (χ0n) is 15.6. The van der Waals surface area contributed by atoms with E-state index in [-0.39, 0.29) is 6.04 Å². The second-order valence-electron chi connectivity index (χ2n) is 5.69. The minimum Gasteiger partial charge on any atom is -0.468 e. The van der Waals surface area contributed by atoms with Crippen LogP contribution in [0.1, 0.15) is 42.5 Å². The number of likely N-dealkylation sites (N-methyl/N-ethyl adjacent to an activating group) is 1. The first-order valence-electron chi connectivity index (χ1n) is 8.88. The molecule has 2 aromatic heterocycles. The Labute approximate surface area is 154 Å². The van der Waals surface area contributed by atoms with E-state index in [0.717, 1.165) is 42.9 Å². The van der Waals surface area contributed by atoms with E-state index < -0.39 is 0 Å². The van der Waals surface area contributed by atoms with E-state index in [1.165, 1.54) is 4.88 Å². The lowest BCUT2D eigenvalue weighted by atomic mass is 10.2. The third-order valence-corrected chi connectivity index (χ3v) is 4.87.